The highest BCUT2D eigenvalue weighted by atomic mass is 16.3. The monoisotopic (exact) mass is 241 g/mol. The van der Waals surface area contributed by atoms with Gasteiger partial charge in [0.2, 0.25) is 5.91 Å². The Hall–Kier alpha value is -0.900. The highest BCUT2D eigenvalue weighted by Gasteiger charge is 2.40. The van der Waals surface area contributed by atoms with E-state index in [1.807, 2.05) is 27.7 Å². The van der Waals surface area contributed by atoms with E-state index in [0.717, 1.165) is 0 Å². The summed E-state index contributed by atoms with van der Waals surface area (Å²) in [5.74, 6) is -0.236. The molecular formula is C13H23NO3. The van der Waals surface area contributed by atoms with E-state index in [4.69, 9.17) is 0 Å². The molecule has 1 amide bonds. The van der Waals surface area contributed by atoms with E-state index in [1.165, 1.54) is 6.92 Å². The number of carbonyl (C=O) groups excluding carboxylic acids is 2. The summed E-state index contributed by atoms with van der Waals surface area (Å²) in [6, 6.07) is -0.442. The number of amides is 1. The summed E-state index contributed by atoms with van der Waals surface area (Å²) in [4.78, 5) is 25.3. The Labute approximate surface area is 103 Å². The maximum Gasteiger partial charge on any atom is 0.226 e. The van der Waals surface area contributed by atoms with Crippen LogP contribution in [0.1, 0.15) is 41.0 Å². The number of Topliss-reactive ketones (excluding diaryl/α,β-unsaturated/α-hetero) is 1. The number of β-amino-alcohol motifs (C(OH)–C–C–N with tert-alkyl or cyclic N) is 1. The fourth-order valence-electron chi connectivity index (χ4n) is 2.06. The molecular weight excluding hydrogens is 218 g/mol. The van der Waals surface area contributed by atoms with E-state index < -0.39 is 12.1 Å². The molecule has 1 fully saturated rings. The molecule has 3 unspecified atom stereocenters. The van der Waals surface area contributed by atoms with Crippen molar-refractivity contribution in [1.82, 2.24) is 4.90 Å². The van der Waals surface area contributed by atoms with Crippen molar-refractivity contribution in [2.24, 2.45) is 11.3 Å². The third kappa shape index (κ3) is 3.06. The van der Waals surface area contributed by atoms with Crippen LogP contribution in [-0.4, -0.2) is 40.4 Å². The second-order valence-corrected chi connectivity index (χ2v) is 6.09. The van der Waals surface area contributed by atoms with E-state index >= 15 is 0 Å². The average Bonchev–Trinajstić information content (AvgIpc) is 2.56. The summed E-state index contributed by atoms with van der Waals surface area (Å²) < 4.78 is 0. The van der Waals surface area contributed by atoms with Crippen LogP contribution in [0.3, 0.4) is 0 Å². The van der Waals surface area contributed by atoms with Crippen LogP contribution in [0.4, 0.5) is 0 Å². The van der Waals surface area contributed by atoms with Crippen molar-refractivity contribution >= 4 is 11.7 Å². The van der Waals surface area contributed by atoms with Crippen molar-refractivity contribution in [3.63, 3.8) is 0 Å². The lowest BCUT2D eigenvalue weighted by Crippen LogP contribution is -2.45. The molecule has 0 aromatic carbocycles. The molecule has 4 heteroatoms. The number of aliphatic hydroxyl groups excluding tert-OH is 1. The highest BCUT2D eigenvalue weighted by molar-refractivity contribution is 5.89. The summed E-state index contributed by atoms with van der Waals surface area (Å²) in [5.41, 5.74) is -0.133. The van der Waals surface area contributed by atoms with Crippen LogP contribution in [0.5, 0.6) is 0 Å². The van der Waals surface area contributed by atoms with Crippen molar-refractivity contribution in [2.75, 3.05) is 6.54 Å². The van der Waals surface area contributed by atoms with E-state index in [9.17, 15) is 14.7 Å². The van der Waals surface area contributed by atoms with Crippen molar-refractivity contribution in [1.29, 1.82) is 0 Å². The molecule has 3 atom stereocenters. The Kier molecular flexibility index (Phi) is 3.97. The average molecular weight is 241 g/mol. The Morgan fingerprint density at radius 2 is 1.88 bits per heavy atom. The number of aliphatic hydroxyl groups is 1. The molecule has 0 radical (unpaired) electrons. The minimum Gasteiger partial charge on any atom is -0.391 e. The first-order chi connectivity index (χ1) is 7.64. The Morgan fingerprint density at radius 1 is 1.35 bits per heavy atom. The zero-order valence-electron chi connectivity index (χ0n) is 11.4. The predicted octanol–water partition coefficient (Wildman–Crippen LogP) is 1.22. The number of likely N-dealkylation sites (tertiary alicyclic amines) is 1. The number of carbonyl (C=O) groups is 2. The molecule has 0 bridgehead atoms. The smallest absolute Gasteiger partial charge is 0.226 e. The normalized spacial score (nSPS) is 27.1. The molecule has 1 rings (SSSR count). The standard InChI is InChI=1S/C13H23NO3/c1-8(13(3,4)5)12(17)14-7-10(16)6-11(14)9(2)15/h8,10-11,16H,6-7H2,1-5H3. The highest BCUT2D eigenvalue weighted by Crippen LogP contribution is 2.30. The second-order valence-electron chi connectivity index (χ2n) is 6.09. The van der Waals surface area contributed by atoms with Gasteiger partial charge in [0.05, 0.1) is 12.1 Å². The fourth-order valence-corrected chi connectivity index (χ4v) is 2.06. The SMILES string of the molecule is CC(=O)C1CC(O)CN1C(=O)C(C)C(C)(C)C. The lowest BCUT2D eigenvalue weighted by molar-refractivity contribution is -0.142. The maximum atomic E-state index is 12.3. The van der Waals surface area contributed by atoms with Crippen LogP contribution in [0.2, 0.25) is 0 Å². The van der Waals surface area contributed by atoms with Gasteiger partial charge in [-0.2, -0.15) is 0 Å². The largest absolute Gasteiger partial charge is 0.391 e. The minimum absolute atomic E-state index is 0.0331. The van der Waals surface area contributed by atoms with Gasteiger partial charge in [0.1, 0.15) is 0 Å². The first kappa shape index (κ1) is 14.2. The summed E-state index contributed by atoms with van der Waals surface area (Å²) in [6.45, 7) is 9.65. The van der Waals surface area contributed by atoms with Gasteiger partial charge in [0.25, 0.3) is 0 Å². The van der Waals surface area contributed by atoms with Crippen molar-refractivity contribution in [3.8, 4) is 0 Å². The van der Waals surface area contributed by atoms with Crippen LogP contribution in [0.15, 0.2) is 0 Å². The van der Waals surface area contributed by atoms with Crippen LogP contribution in [0, 0.1) is 11.3 Å². The molecule has 98 valence electrons. The molecule has 0 aliphatic carbocycles. The van der Waals surface area contributed by atoms with Gasteiger partial charge in [-0.05, 0) is 12.3 Å². The summed E-state index contributed by atoms with van der Waals surface area (Å²) in [7, 11) is 0. The number of hydrogen-bond acceptors (Lipinski definition) is 3. The summed E-state index contributed by atoms with van der Waals surface area (Å²) in [5, 5.41) is 9.61. The molecule has 0 spiro atoms. The predicted molar refractivity (Wildman–Crippen MR) is 65.4 cm³/mol. The summed E-state index contributed by atoms with van der Waals surface area (Å²) >= 11 is 0. The van der Waals surface area contributed by atoms with Crippen molar-refractivity contribution < 1.29 is 14.7 Å². The van der Waals surface area contributed by atoms with Gasteiger partial charge in [-0.15, -0.1) is 0 Å². The molecule has 4 nitrogen and oxygen atoms in total. The third-order valence-electron chi connectivity index (χ3n) is 3.70. The molecule has 0 saturated carbocycles. The fraction of sp³-hybridized carbons (Fsp3) is 0.846. The molecule has 0 aromatic heterocycles. The van der Waals surface area contributed by atoms with Gasteiger partial charge in [-0.1, -0.05) is 27.7 Å². The molecule has 17 heavy (non-hydrogen) atoms. The van der Waals surface area contributed by atoms with E-state index in [0.29, 0.717) is 6.42 Å². The number of hydrogen-bond donors (Lipinski definition) is 1. The number of ketones is 1. The van der Waals surface area contributed by atoms with Crippen LogP contribution >= 0.6 is 0 Å². The van der Waals surface area contributed by atoms with Crippen LogP contribution in [0.25, 0.3) is 0 Å². The lowest BCUT2D eigenvalue weighted by Gasteiger charge is -2.32. The maximum absolute atomic E-state index is 12.3. The Bertz CT molecular complexity index is 319. The Balaban J connectivity index is 2.84. The van der Waals surface area contributed by atoms with E-state index in [2.05, 4.69) is 0 Å². The third-order valence-corrected chi connectivity index (χ3v) is 3.70. The number of rotatable bonds is 2. The molecule has 1 N–H and O–H groups in total. The quantitative estimate of drug-likeness (QED) is 0.791. The van der Waals surface area contributed by atoms with Crippen LogP contribution < -0.4 is 0 Å². The first-order valence-corrected chi connectivity index (χ1v) is 6.13. The molecule has 1 saturated heterocycles. The van der Waals surface area contributed by atoms with Gasteiger partial charge in [-0.3, -0.25) is 9.59 Å². The van der Waals surface area contributed by atoms with Gasteiger partial charge >= 0.3 is 0 Å². The molecule has 1 aliphatic rings. The van der Waals surface area contributed by atoms with Gasteiger partial charge < -0.3 is 10.0 Å². The van der Waals surface area contributed by atoms with Crippen molar-refractivity contribution in [3.05, 3.63) is 0 Å². The van der Waals surface area contributed by atoms with Gasteiger partial charge in [0.15, 0.2) is 5.78 Å². The zero-order chi connectivity index (χ0) is 13.4. The second kappa shape index (κ2) is 4.77. The lowest BCUT2D eigenvalue weighted by atomic mass is 9.81. The number of nitrogens with zero attached hydrogens (tertiary/aromatic N) is 1. The molecule has 1 aliphatic heterocycles. The first-order valence-electron chi connectivity index (χ1n) is 6.13. The van der Waals surface area contributed by atoms with Crippen LogP contribution in [-0.2, 0) is 9.59 Å². The van der Waals surface area contributed by atoms with Gasteiger partial charge in [-0.25, -0.2) is 0 Å². The van der Waals surface area contributed by atoms with E-state index in [-0.39, 0.29) is 29.6 Å². The topological polar surface area (TPSA) is 57.6 Å². The van der Waals surface area contributed by atoms with Gasteiger partial charge in [0, 0.05) is 18.9 Å². The molecule has 1 heterocycles. The van der Waals surface area contributed by atoms with Crippen molar-refractivity contribution in [2.45, 2.75) is 53.2 Å². The zero-order valence-corrected chi connectivity index (χ0v) is 11.4. The minimum atomic E-state index is -0.569. The van der Waals surface area contributed by atoms with E-state index in [1.54, 1.807) is 4.90 Å². The summed E-state index contributed by atoms with van der Waals surface area (Å²) in [6.07, 6.45) is -0.196. The Morgan fingerprint density at radius 3 is 2.29 bits per heavy atom. The molecule has 0 aromatic rings.